The molecule has 2 N–H and O–H groups in total. The normalized spacial score (nSPS) is 15.6. The van der Waals surface area contributed by atoms with Crippen LogP contribution in [-0.2, 0) is 30.7 Å². The lowest BCUT2D eigenvalue weighted by atomic mass is 10.0. The average Bonchev–Trinajstić information content (AvgIpc) is 3.44. The van der Waals surface area contributed by atoms with E-state index in [1.807, 2.05) is 0 Å². The number of benzene rings is 1. The van der Waals surface area contributed by atoms with Gasteiger partial charge in [-0.1, -0.05) is 11.6 Å². The van der Waals surface area contributed by atoms with Crippen LogP contribution in [0.2, 0.25) is 5.02 Å². The van der Waals surface area contributed by atoms with Gasteiger partial charge in [-0.3, -0.25) is 9.78 Å². The molecule has 6 nitrogen and oxygen atoms in total. The molecule has 3 heterocycles. The third-order valence-corrected chi connectivity index (χ3v) is 6.33. The number of carbonyl (C=O) groups is 1. The van der Waals surface area contributed by atoms with Crippen LogP contribution in [0.4, 0.5) is 19.0 Å². The molecule has 1 aliphatic heterocycles. The van der Waals surface area contributed by atoms with Gasteiger partial charge >= 0.3 is 6.18 Å². The maximum atomic E-state index is 13.5. The first-order valence-electron chi connectivity index (χ1n) is 10.5. The fraction of sp³-hybridized carbons (Fsp3) is 0.348. The molecule has 1 aliphatic carbocycles. The number of amides is 1. The maximum absolute atomic E-state index is 13.5. The standard InChI is InChI=1S/C23H20ClF3N4O2/c24-19-6-20-15(17-10-33-11-18(17)21(28)30-20)5-16(19)22(32)31(8-12-1-2-12)9-14-4-3-13(7-29-14)23(25,26)27/h3-7,12H,1-2,8-11H2,(H2,28,30). The van der Waals surface area contributed by atoms with Gasteiger partial charge in [0.2, 0.25) is 0 Å². The fourth-order valence-corrected chi connectivity index (χ4v) is 4.28. The molecule has 1 amide bonds. The molecule has 0 unspecified atom stereocenters. The molecule has 0 radical (unpaired) electrons. The number of halogens is 4. The minimum absolute atomic E-state index is 0.0864. The summed E-state index contributed by atoms with van der Waals surface area (Å²) in [4.78, 5) is 23.5. The van der Waals surface area contributed by atoms with Crippen molar-refractivity contribution in [2.75, 3.05) is 12.3 Å². The zero-order valence-electron chi connectivity index (χ0n) is 17.5. The van der Waals surface area contributed by atoms with Gasteiger partial charge in [0.1, 0.15) is 5.82 Å². The second-order valence-electron chi connectivity index (χ2n) is 8.46. The maximum Gasteiger partial charge on any atom is 0.417 e. The number of alkyl halides is 3. The largest absolute Gasteiger partial charge is 0.417 e. The van der Waals surface area contributed by atoms with Gasteiger partial charge in [-0.25, -0.2) is 4.98 Å². The van der Waals surface area contributed by atoms with E-state index in [2.05, 4.69) is 9.97 Å². The Morgan fingerprint density at radius 2 is 1.97 bits per heavy atom. The monoisotopic (exact) mass is 476 g/mol. The SMILES string of the molecule is Nc1nc2cc(Cl)c(C(=O)N(Cc3ccc(C(F)(F)F)cn3)CC3CC3)cc2c2c1COC2. The number of hydrogen-bond acceptors (Lipinski definition) is 5. The Morgan fingerprint density at radius 3 is 2.64 bits per heavy atom. The molecule has 172 valence electrons. The summed E-state index contributed by atoms with van der Waals surface area (Å²) in [5.74, 6) is 0.440. The van der Waals surface area contributed by atoms with Gasteiger partial charge in [-0.05, 0) is 48.6 Å². The summed E-state index contributed by atoms with van der Waals surface area (Å²) in [6.07, 6.45) is -1.67. The van der Waals surface area contributed by atoms with Crippen LogP contribution in [0.3, 0.4) is 0 Å². The molecule has 1 fully saturated rings. The second kappa shape index (κ2) is 8.14. The van der Waals surface area contributed by atoms with Crippen molar-refractivity contribution >= 4 is 34.2 Å². The van der Waals surface area contributed by atoms with Crippen LogP contribution in [0, 0.1) is 5.92 Å². The Kier molecular flexibility index (Phi) is 5.41. The molecule has 33 heavy (non-hydrogen) atoms. The molecule has 2 aliphatic rings. The summed E-state index contributed by atoms with van der Waals surface area (Å²) < 4.78 is 44.1. The summed E-state index contributed by atoms with van der Waals surface area (Å²) >= 11 is 6.47. The number of rotatable bonds is 5. The highest BCUT2D eigenvalue weighted by atomic mass is 35.5. The number of hydrogen-bond donors (Lipinski definition) is 1. The smallest absolute Gasteiger partial charge is 0.383 e. The van der Waals surface area contributed by atoms with E-state index in [1.54, 1.807) is 17.0 Å². The van der Waals surface area contributed by atoms with Crippen LogP contribution >= 0.6 is 11.6 Å². The van der Waals surface area contributed by atoms with Gasteiger partial charge in [0.25, 0.3) is 5.91 Å². The van der Waals surface area contributed by atoms with Crippen LogP contribution in [0.15, 0.2) is 30.5 Å². The van der Waals surface area contributed by atoms with E-state index in [0.29, 0.717) is 48.3 Å². The number of nitrogens with two attached hydrogens (primary N) is 1. The Labute approximate surface area is 192 Å². The number of ether oxygens (including phenoxy) is 1. The number of pyridine rings is 2. The second-order valence-corrected chi connectivity index (χ2v) is 8.87. The van der Waals surface area contributed by atoms with Crippen molar-refractivity contribution in [1.82, 2.24) is 14.9 Å². The van der Waals surface area contributed by atoms with Crippen LogP contribution in [-0.4, -0.2) is 27.3 Å². The Bertz CT molecular complexity index is 1240. The molecule has 0 bridgehead atoms. The molecule has 0 saturated heterocycles. The zero-order chi connectivity index (χ0) is 23.3. The highest BCUT2D eigenvalue weighted by Crippen LogP contribution is 2.36. The molecule has 0 spiro atoms. The van der Waals surface area contributed by atoms with E-state index in [0.717, 1.165) is 41.6 Å². The summed E-state index contributed by atoms with van der Waals surface area (Å²) in [5, 5.41) is 0.989. The molecule has 0 atom stereocenters. The van der Waals surface area contributed by atoms with E-state index in [4.69, 9.17) is 22.1 Å². The lowest BCUT2D eigenvalue weighted by Crippen LogP contribution is -2.33. The van der Waals surface area contributed by atoms with Crippen molar-refractivity contribution in [2.45, 2.75) is 38.8 Å². The van der Waals surface area contributed by atoms with E-state index in [9.17, 15) is 18.0 Å². The fourth-order valence-electron chi connectivity index (χ4n) is 4.04. The number of carbonyl (C=O) groups excluding carboxylic acids is 1. The molecule has 1 saturated carbocycles. The van der Waals surface area contributed by atoms with E-state index >= 15 is 0 Å². The van der Waals surface area contributed by atoms with Crippen LogP contribution < -0.4 is 5.73 Å². The molecule has 3 aromatic rings. The number of aromatic nitrogens is 2. The first kappa shape index (κ1) is 21.9. The molecular weight excluding hydrogens is 457 g/mol. The van der Waals surface area contributed by atoms with Crippen molar-refractivity contribution in [3.8, 4) is 0 Å². The summed E-state index contributed by atoms with van der Waals surface area (Å²) in [6, 6.07) is 5.60. The Hall–Kier alpha value is -2.91. The Morgan fingerprint density at radius 1 is 1.21 bits per heavy atom. The minimum atomic E-state index is -4.46. The van der Waals surface area contributed by atoms with Gasteiger partial charge in [-0.2, -0.15) is 13.2 Å². The number of anilines is 1. The topological polar surface area (TPSA) is 81.3 Å². The zero-order valence-corrected chi connectivity index (χ0v) is 18.2. The first-order valence-corrected chi connectivity index (χ1v) is 10.9. The molecule has 2 aromatic heterocycles. The first-order chi connectivity index (χ1) is 15.7. The Balaban J connectivity index is 1.48. The van der Waals surface area contributed by atoms with Crippen molar-refractivity contribution in [3.63, 3.8) is 0 Å². The third-order valence-electron chi connectivity index (χ3n) is 6.02. The molecular formula is C23H20ClF3N4O2. The van der Waals surface area contributed by atoms with Crippen molar-refractivity contribution in [2.24, 2.45) is 5.92 Å². The predicted molar refractivity (Wildman–Crippen MR) is 116 cm³/mol. The summed E-state index contributed by atoms with van der Waals surface area (Å²) in [5.41, 5.74) is 8.16. The molecule has 5 rings (SSSR count). The number of fused-ring (bicyclic) bond motifs is 3. The van der Waals surface area contributed by atoms with E-state index in [1.165, 1.54) is 6.07 Å². The number of nitrogen functional groups attached to an aromatic ring is 1. The van der Waals surface area contributed by atoms with Crippen molar-refractivity contribution in [3.05, 3.63) is 63.4 Å². The van der Waals surface area contributed by atoms with E-state index in [-0.39, 0.29) is 17.5 Å². The van der Waals surface area contributed by atoms with Gasteiger partial charge in [-0.15, -0.1) is 0 Å². The van der Waals surface area contributed by atoms with Crippen molar-refractivity contribution in [1.29, 1.82) is 0 Å². The summed E-state index contributed by atoms with van der Waals surface area (Å²) in [6.45, 7) is 1.30. The van der Waals surface area contributed by atoms with Crippen LogP contribution in [0.5, 0.6) is 0 Å². The lowest BCUT2D eigenvalue weighted by Gasteiger charge is -2.23. The average molecular weight is 477 g/mol. The summed E-state index contributed by atoms with van der Waals surface area (Å²) in [7, 11) is 0. The van der Waals surface area contributed by atoms with Gasteiger partial charge in [0, 0.05) is 23.7 Å². The van der Waals surface area contributed by atoms with Gasteiger partial charge in [0.15, 0.2) is 0 Å². The van der Waals surface area contributed by atoms with Crippen LogP contribution in [0.25, 0.3) is 10.9 Å². The lowest BCUT2D eigenvalue weighted by molar-refractivity contribution is -0.137. The van der Waals surface area contributed by atoms with Crippen LogP contribution in [0.1, 0.15) is 45.6 Å². The quantitative estimate of drug-likeness (QED) is 0.562. The minimum Gasteiger partial charge on any atom is -0.383 e. The third kappa shape index (κ3) is 4.35. The van der Waals surface area contributed by atoms with Crippen molar-refractivity contribution < 1.29 is 22.7 Å². The predicted octanol–water partition coefficient (Wildman–Crippen LogP) is 4.97. The highest BCUT2D eigenvalue weighted by Gasteiger charge is 2.32. The van der Waals surface area contributed by atoms with Gasteiger partial charge in [0.05, 0.1) is 47.1 Å². The molecule has 10 heteroatoms. The van der Waals surface area contributed by atoms with Gasteiger partial charge < -0.3 is 15.4 Å². The molecule has 1 aromatic carbocycles. The van der Waals surface area contributed by atoms with E-state index < -0.39 is 11.7 Å². The number of nitrogens with zero attached hydrogens (tertiary/aromatic N) is 3. The highest BCUT2D eigenvalue weighted by molar-refractivity contribution is 6.34.